The van der Waals surface area contributed by atoms with E-state index in [1.165, 1.54) is 24.3 Å². The SMILES string of the molecule is CC(C)C(=O)C(=O)CCOC(=O)c1ccccc1C(=O)O. The maximum atomic E-state index is 11.8. The molecule has 1 N–H and O–H groups in total. The van der Waals surface area contributed by atoms with Gasteiger partial charge in [0, 0.05) is 12.3 Å². The molecule has 112 valence electrons. The second-order valence-electron chi connectivity index (χ2n) is 4.68. The summed E-state index contributed by atoms with van der Waals surface area (Å²) in [5.41, 5.74) is -0.264. The summed E-state index contributed by atoms with van der Waals surface area (Å²) < 4.78 is 4.84. The molecule has 0 atom stereocenters. The van der Waals surface area contributed by atoms with E-state index in [-0.39, 0.29) is 24.2 Å². The van der Waals surface area contributed by atoms with E-state index >= 15 is 0 Å². The second-order valence-corrected chi connectivity index (χ2v) is 4.68. The van der Waals surface area contributed by atoms with Crippen molar-refractivity contribution in [2.45, 2.75) is 20.3 Å². The van der Waals surface area contributed by atoms with Gasteiger partial charge in [0.15, 0.2) is 0 Å². The highest BCUT2D eigenvalue weighted by molar-refractivity contribution is 6.37. The van der Waals surface area contributed by atoms with Crippen LogP contribution in [0.2, 0.25) is 0 Å². The van der Waals surface area contributed by atoms with Crippen molar-refractivity contribution in [1.82, 2.24) is 0 Å². The molecule has 0 radical (unpaired) electrons. The lowest BCUT2D eigenvalue weighted by atomic mass is 10.0. The smallest absolute Gasteiger partial charge is 0.339 e. The molecule has 0 aliphatic heterocycles. The Bertz CT molecular complexity index is 573. The lowest BCUT2D eigenvalue weighted by Gasteiger charge is -2.07. The minimum Gasteiger partial charge on any atom is -0.478 e. The van der Waals surface area contributed by atoms with Crippen LogP contribution in [0.1, 0.15) is 41.0 Å². The summed E-state index contributed by atoms with van der Waals surface area (Å²) in [6.45, 7) is 2.95. The summed E-state index contributed by atoms with van der Waals surface area (Å²) in [5.74, 6) is -3.60. The largest absolute Gasteiger partial charge is 0.478 e. The van der Waals surface area contributed by atoms with Gasteiger partial charge < -0.3 is 9.84 Å². The van der Waals surface area contributed by atoms with Crippen molar-refractivity contribution >= 4 is 23.5 Å². The van der Waals surface area contributed by atoms with E-state index in [0.717, 1.165) is 0 Å². The van der Waals surface area contributed by atoms with Gasteiger partial charge in [0.05, 0.1) is 17.7 Å². The van der Waals surface area contributed by atoms with Crippen LogP contribution in [0.3, 0.4) is 0 Å². The number of carboxylic acid groups (broad SMARTS) is 1. The number of rotatable bonds is 7. The topological polar surface area (TPSA) is 97.7 Å². The molecule has 0 heterocycles. The first-order valence-electron chi connectivity index (χ1n) is 6.41. The predicted octanol–water partition coefficient (Wildman–Crippen LogP) is 1.73. The van der Waals surface area contributed by atoms with Crippen molar-refractivity contribution in [2.24, 2.45) is 5.92 Å². The van der Waals surface area contributed by atoms with Gasteiger partial charge in [-0.1, -0.05) is 26.0 Å². The van der Waals surface area contributed by atoms with Crippen LogP contribution in [-0.2, 0) is 14.3 Å². The molecule has 0 aromatic heterocycles. The monoisotopic (exact) mass is 292 g/mol. The van der Waals surface area contributed by atoms with Crippen LogP contribution in [0.25, 0.3) is 0 Å². The zero-order valence-electron chi connectivity index (χ0n) is 11.8. The van der Waals surface area contributed by atoms with E-state index in [2.05, 4.69) is 0 Å². The highest BCUT2D eigenvalue weighted by Gasteiger charge is 2.20. The second kappa shape index (κ2) is 7.33. The Hall–Kier alpha value is -2.50. The molecule has 6 heteroatoms. The van der Waals surface area contributed by atoms with Crippen LogP contribution in [-0.4, -0.2) is 35.2 Å². The molecule has 0 aliphatic rings. The van der Waals surface area contributed by atoms with Crippen molar-refractivity contribution in [1.29, 1.82) is 0 Å². The normalized spacial score (nSPS) is 10.2. The van der Waals surface area contributed by atoms with Gasteiger partial charge in [-0.3, -0.25) is 9.59 Å². The number of carbonyl (C=O) groups excluding carboxylic acids is 3. The summed E-state index contributed by atoms with van der Waals surface area (Å²) in [5, 5.41) is 8.96. The first kappa shape index (κ1) is 16.6. The Balaban J connectivity index is 2.62. The van der Waals surface area contributed by atoms with Gasteiger partial charge in [-0.2, -0.15) is 0 Å². The Morgan fingerprint density at radius 2 is 1.67 bits per heavy atom. The lowest BCUT2D eigenvalue weighted by Crippen LogP contribution is -2.22. The van der Waals surface area contributed by atoms with E-state index in [9.17, 15) is 19.2 Å². The number of benzene rings is 1. The summed E-state index contributed by atoms with van der Waals surface area (Å²) in [4.78, 5) is 45.5. The molecule has 0 saturated carbocycles. The Morgan fingerprint density at radius 3 is 2.19 bits per heavy atom. The molecule has 1 aromatic carbocycles. The summed E-state index contributed by atoms with van der Waals surface area (Å²) >= 11 is 0. The number of ether oxygens (including phenoxy) is 1. The molecule has 0 bridgehead atoms. The number of carbonyl (C=O) groups is 4. The molecular weight excluding hydrogens is 276 g/mol. The van der Waals surface area contributed by atoms with Gasteiger partial charge in [-0.05, 0) is 12.1 Å². The highest BCUT2D eigenvalue weighted by atomic mass is 16.5. The van der Waals surface area contributed by atoms with Crippen molar-refractivity contribution < 1.29 is 29.0 Å². The third-order valence-corrected chi connectivity index (χ3v) is 2.74. The Kier molecular flexibility index (Phi) is 5.78. The van der Waals surface area contributed by atoms with E-state index in [1.807, 2.05) is 0 Å². The standard InChI is InChI=1S/C15H16O6/c1-9(2)13(17)12(16)7-8-21-15(20)11-6-4-3-5-10(11)14(18)19/h3-6,9H,7-8H2,1-2H3,(H,18,19). The van der Waals surface area contributed by atoms with E-state index in [4.69, 9.17) is 9.84 Å². The predicted molar refractivity (Wildman–Crippen MR) is 73.2 cm³/mol. The molecule has 0 spiro atoms. The molecule has 0 amide bonds. The third kappa shape index (κ3) is 4.52. The minimum absolute atomic E-state index is 0.0902. The first-order chi connectivity index (χ1) is 9.84. The molecule has 21 heavy (non-hydrogen) atoms. The van der Waals surface area contributed by atoms with Crippen molar-refractivity contribution in [3.8, 4) is 0 Å². The Labute approximate surface area is 121 Å². The molecule has 0 saturated heterocycles. The molecule has 0 fully saturated rings. The van der Waals surface area contributed by atoms with Crippen molar-refractivity contribution in [3.05, 3.63) is 35.4 Å². The van der Waals surface area contributed by atoms with Crippen LogP contribution >= 0.6 is 0 Å². The van der Waals surface area contributed by atoms with Gasteiger partial charge in [-0.25, -0.2) is 9.59 Å². The molecule has 1 rings (SSSR count). The zero-order chi connectivity index (χ0) is 16.0. The first-order valence-corrected chi connectivity index (χ1v) is 6.41. The van der Waals surface area contributed by atoms with Gasteiger partial charge >= 0.3 is 11.9 Å². The van der Waals surface area contributed by atoms with Crippen LogP contribution < -0.4 is 0 Å². The Morgan fingerprint density at radius 1 is 1.10 bits per heavy atom. The number of Topliss-reactive ketones (excluding diaryl/α,β-unsaturated/α-hetero) is 2. The average Bonchev–Trinajstić information content (AvgIpc) is 2.45. The fourth-order valence-electron chi connectivity index (χ4n) is 1.61. The maximum absolute atomic E-state index is 11.8. The molecular formula is C15H16O6. The maximum Gasteiger partial charge on any atom is 0.339 e. The molecule has 0 unspecified atom stereocenters. The van der Waals surface area contributed by atoms with Crippen molar-refractivity contribution in [2.75, 3.05) is 6.61 Å². The van der Waals surface area contributed by atoms with Crippen LogP contribution in [0.4, 0.5) is 0 Å². The fourth-order valence-corrected chi connectivity index (χ4v) is 1.61. The van der Waals surface area contributed by atoms with Crippen molar-refractivity contribution in [3.63, 3.8) is 0 Å². The zero-order valence-corrected chi connectivity index (χ0v) is 11.8. The number of esters is 1. The van der Waals surface area contributed by atoms with Gasteiger partial charge in [0.1, 0.15) is 0 Å². The minimum atomic E-state index is -1.24. The van der Waals surface area contributed by atoms with Crippen LogP contribution in [0, 0.1) is 5.92 Å². The third-order valence-electron chi connectivity index (χ3n) is 2.74. The fraction of sp³-hybridized carbons (Fsp3) is 0.333. The highest BCUT2D eigenvalue weighted by Crippen LogP contribution is 2.10. The van der Waals surface area contributed by atoms with Gasteiger partial charge in [-0.15, -0.1) is 0 Å². The quantitative estimate of drug-likeness (QED) is 0.607. The summed E-state index contributed by atoms with van der Waals surface area (Å²) in [6.07, 6.45) is -0.210. The number of ketones is 2. The van der Waals surface area contributed by atoms with E-state index in [1.54, 1.807) is 13.8 Å². The summed E-state index contributed by atoms with van der Waals surface area (Å²) in [6, 6.07) is 5.61. The van der Waals surface area contributed by atoms with Gasteiger partial charge in [0.2, 0.25) is 11.6 Å². The molecule has 1 aromatic rings. The summed E-state index contributed by atoms with van der Waals surface area (Å²) in [7, 11) is 0. The van der Waals surface area contributed by atoms with Crippen LogP contribution in [0.5, 0.6) is 0 Å². The molecule has 6 nitrogen and oxygen atoms in total. The van der Waals surface area contributed by atoms with Crippen LogP contribution in [0.15, 0.2) is 24.3 Å². The van der Waals surface area contributed by atoms with Gasteiger partial charge in [0.25, 0.3) is 0 Å². The van der Waals surface area contributed by atoms with E-state index in [0.29, 0.717) is 0 Å². The number of aromatic carboxylic acids is 1. The lowest BCUT2D eigenvalue weighted by molar-refractivity contribution is -0.138. The number of hydrogen-bond acceptors (Lipinski definition) is 5. The average molecular weight is 292 g/mol. The van der Waals surface area contributed by atoms with E-state index < -0.39 is 29.4 Å². The number of carboxylic acids is 1. The molecule has 0 aliphatic carbocycles. The number of hydrogen-bond donors (Lipinski definition) is 1.